The highest BCUT2D eigenvalue weighted by Gasteiger charge is 2.67. The lowest BCUT2D eigenvalue weighted by Crippen LogP contribution is -2.30. The zero-order valence-corrected chi connectivity index (χ0v) is 33.3. The Labute approximate surface area is 334 Å². The molecule has 2 aliphatic rings. The van der Waals surface area contributed by atoms with Gasteiger partial charge in [0.05, 0.1) is 0 Å². The van der Waals surface area contributed by atoms with Gasteiger partial charge in [-0.2, -0.15) is 0 Å². The van der Waals surface area contributed by atoms with E-state index in [4.69, 9.17) is 23.2 Å². The zero-order valence-electron chi connectivity index (χ0n) is 31.8. The number of Topliss-reactive ketones (excluding diaryl/α,β-unsaturated/α-hetero) is 2. The smallest absolute Gasteiger partial charge is 0.169 e. The van der Waals surface area contributed by atoms with Crippen LogP contribution in [0.2, 0.25) is 10.0 Å². The largest absolute Gasteiger partial charge is 0.304 e. The molecule has 292 valence electrons. The first-order chi connectivity index (χ1) is 25.1. The van der Waals surface area contributed by atoms with Crippen molar-refractivity contribution in [3.63, 3.8) is 0 Å². The van der Waals surface area contributed by atoms with Gasteiger partial charge in [-0.15, -0.1) is 0 Å². The van der Waals surface area contributed by atoms with Crippen molar-refractivity contribution in [2.75, 3.05) is 39.3 Å². The highest BCUT2D eigenvalue weighted by Crippen LogP contribution is 2.69. The molecule has 0 spiro atoms. The van der Waals surface area contributed by atoms with Crippen LogP contribution in [0, 0.1) is 22.7 Å². The van der Waals surface area contributed by atoms with Gasteiger partial charge in [-0.05, 0) is 99.3 Å². The molecule has 2 saturated carbocycles. The molecule has 0 aromatic heterocycles. The lowest BCUT2D eigenvalue weighted by molar-refractivity contribution is 0.0856. The highest BCUT2D eigenvalue weighted by atomic mass is 35.5. The van der Waals surface area contributed by atoms with Crippen LogP contribution >= 0.6 is 23.2 Å². The fourth-order valence-corrected chi connectivity index (χ4v) is 9.20. The second kappa shape index (κ2) is 17.7. The fourth-order valence-electron chi connectivity index (χ4n) is 8.94. The molecular formula is C46H72Cl2N2O2. The van der Waals surface area contributed by atoms with Gasteiger partial charge in [0, 0.05) is 55.3 Å². The van der Waals surface area contributed by atoms with Crippen molar-refractivity contribution in [2.24, 2.45) is 22.7 Å². The van der Waals surface area contributed by atoms with Crippen LogP contribution in [0.1, 0.15) is 109 Å². The summed E-state index contributed by atoms with van der Waals surface area (Å²) in [5, 5.41) is 1.48. The van der Waals surface area contributed by atoms with Crippen molar-refractivity contribution in [2.45, 2.75) is 66.2 Å². The number of rotatable bonds is 16. The van der Waals surface area contributed by atoms with Crippen LogP contribution < -0.4 is 0 Å². The predicted molar refractivity (Wildman–Crippen MR) is 235 cm³/mol. The van der Waals surface area contributed by atoms with E-state index in [0.29, 0.717) is 11.8 Å². The van der Waals surface area contributed by atoms with Gasteiger partial charge >= 0.3 is 0 Å². The lowest BCUT2D eigenvalue weighted by Gasteiger charge is -2.23. The summed E-state index contributed by atoms with van der Waals surface area (Å²) in [5.74, 6) is 1.79. The van der Waals surface area contributed by atoms with E-state index in [1.165, 1.54) is 11.1 Å². The standard InChI is InChI=1S/2C23H28ClNO.8H2/c2*1-4-25(5-2)16-15-23(22(26)19-9-7-6-8-10-19)17(3)21(23)18-11-13-20(24)14-12-18;;;;;;;;/h2*6-14,17,21H,4-5,15-16H2,1-3H3;8*1H/t2*17-,21-,23+;;;;;;;;/m00......../s1. The Bertz CT molecular complexity index is 1640. The summed E-state index contributed by atoms with van der Waals surface area (Å²) in [7, 11) is 0. The first-order valence-electron chi connectivity index (χ1n) is 19.2. The molecule has 2 aliphatic carbocycles. The average Bonchev–Trinajstić information content (AvgIpc) is 4.01. The average molecular weight is 756 g/mol. The molecule has 0 bridgehead atoms. The van der Waals surface area contributed by atoms with Crippen molar-refractivity contribution in [1.29, 1.82) is 0 Å². The molecule has 6 heteroatoms. The molecule has 0 aliphatic heterocycles. The van der Waals surface area contributed by atoms with Gasteiger partial charge in [0.15, 0.2) is 11.6 Å². The van der Waals surface area contributed by atoms with Crippen LogP contribution in [-0.2, 0) is 0 Å². The van der Waals surface area contributed by atoms with Gasteiger partial charge in [-0.3, -0.25) is 9.59 Å². The number of carbonyl (C=O) groups excluding carboxylic acids is 2. The minimum absolute atomic E-state index is 0. The zero-order chi connectivity index (χ0) is 37.5. The van der Waals surface area contributed by atoms with Crippen molar-refractivity contribution in [3.8, 4) is 0 Å². The summed E-state index contributed by atoms with van der Waals surface area (Å²) in [6.07, 6.45) is 1.80. The second-order valence-electron chi connectivity index (χ2n) is 14.7. The minimum atomic E-state index is -0.308. The molecule has 52 heavy (non-hydrogen) atoms. The van der Waals surface area contributed by atoms with E-state index in [1.807, 2.05) is 84.9 Å². The molecule has 0 saturated heterocycles. The molecule has 4 aromatic carbocycles. The summed E-state index contributed by atoms with van der Waals surface area (Å²) in [4.78, 5) is 31.9. The number of hydrogen-bond acceptors (Lipinski definition) is 4. The maximum absolute atomic E-state index is 13.5. The summed E-state index contributed by atoms with van der Waals surface area (Å²) in [6, 6.07) is 35.6. The van der Waals surface area contributed by atoms with Crippen LogP contribution in [0.3, 0.4) is 0 Å². The number of ketones is 2. The monoisotopic (exact) mass is 754 g/mol. The Hall–Kier alpha value is -3.28. The van der Waals surface area contributed by atoms with E-state index >= 15 is 0 Å². The van der Waals surface area contributed by atoms with E-state index in [2.05, 4.69) is 75.6 Å². The number of nitrogens with zero attached hydrogens (tertiary/aromatic N) is 2. The van der Waals surface area contributed by atoms with Gasteiger partial charge in [-0.25, -0.2) is 0 Å². The Kier molecular flexibility index (Phi) is 13.6. The number of halogens is 2. The molecule has 0 unspecified atom stereocenters. The minimum Gasteiger partial charge on any atom is -0.304 e. The summed E-state index contributed by atoms with van der Waals surface area (Å²) in [5.41, 5.74) is 3.50. The normalized spacial score (nSPS) is 24.7. The Balaban J connectivity index is -0.000000461. The van der Waals surface area contributed by atoms with E-state index in [1.54, 1.807) is 0 Å². The molecule has 0 N–H and O–H groups in total. The molecule has 0 radical (unpaired) electrons. The molecule has 0 heterocycles. The molecule has 6 rings (SSSR count). The van der Waals surface area contributed by atoms with Gasteiger partial charge in [-0.1, -0.05) is 150 Å². The predicted octanol–water partition coefficient (Wildman–Crippen LogP) is 13.3. The SMILES string of the molecule is CCN(CC)CC[C@]1(C(=O)c2ccccc2)[C@H](c2ccc(Cl)cc2)[C@@H]1C.CCN(CC)CC[C@]1(C(=O)c2ccccc2)[C@H](c2ccc(Cl)cc2)[C@@H]1C.[HH].[HH].[HH].[HH].[HH].[HH].[HH].[HH]. The van der Waals surface area contributed by atoms with Crippen LogP contribution in [0.25, 0.3) is 0 Å². The van der Waals surface area contributed by atoms with E-state index in [0.717, 1.165) is 73.3 Å². The van der Waals surface area contributed by atoms with Crippen LogP contribution in [-0.4, -0.2) is 60.6 Å². The summed E-state index contributed by atoms with van der Waals surface area (Å²) >= 11 is 12.1. The molecule has 4 nitrogen and oxygen atoms in total. The van der Waals surface area contributed by atoms with E-state index in [9.17, 15) is 9.59 Å². The van der Waals surface area contributed by atoms with Crippen molar-refractivity contribution < 1.29 is 21.0 Å². The van der Waals surface area contributed by atoms with Crippen molar-refractivity contribution in [3.05, 3.63) is 141 Å². The van der Waals surface area contributed by atoms with Gasteiger partial charge < -0.3 is 9.80 Å². The van der Waals surface area contributed by atoms with Gasteiger partial charge in [0.2, 0.25) is 0 Å². The van der Waals surface area contributed by atoms with Gasteiger partial charge in [0.1, 0.15) is 0 Å². The summed E-state index contributed by atoms with van der Waals surface area (Å²) in [6.45, 7) is 19.2. The Morgan fingerprint density at radius 3 is 1.13 bits per heavy atom. The number of carbonyl (C=O) groups is 2. The third-order valence-electron chi connectivity index (χ3n) is 12.4. The molecule has 6 atom stereocenters. The Morgan fingerprint density at radius 2 is 0.846 bits per heavy atom. The maximum atomic E-state index is 13.5. The molecule has 2 fully saturated rings. The first kappa shape index (κ1) is 39.9. The van der Waals surface area contributed by atoms with E-state index < -0.39 is 0 Å². The quantitative estimate of drug-likeness (QED) is 0.107. The van der Waals surface area contributed by atoms with Crippen molar-refractivity contribution >= 4 is 34.8 Å². The van der Waals surface area contributed by atoms with Gasteiger partial charge in [0.25, 0.3) is 0 Å². The third kappa shape index (κ3) is 8.26. The topological polar surface area (TPSA) is 40.6 Å². The molecular weight excluding hydrogens is 683 g/mol. The van der Waals surface area contributed by atoms with Crippen LogP contribution in [0.15, 0.2) is 109 Å². The third-order valence-corrected chi connectivity index (χ3v) is 12.9. The van der Waals surface area contributed by atoms with E-state index in [-0.39, 0.29) is 45.6 Å². The maximum Gasteiger partial charge on any atom is 0.169 e. The molecule has 4 aromatic rings. The highest BCUT2D eigenvalue weighted by molar-refractivity contribution is 6.30. The van der Waals surface area contributed by atoms with Crippen LogP contribution in [0.5, 0.6) is 0 Å². The Morgan fingerprint density at radius 1 is 0.538 bits per heavy atom. The second-order valence-corrected chi connectivity index (χ2v) is 15.5. The van der Waals surface area contributed by atoms with Crippen LogP contribution in [0.4, 0.5) is 0 Å². The molecule has 0 amide bonds. The number of benzene rings is 4. The first-order valence-corrected chi connectivity index (χ1v) is 20.0. The summed E-state index contributed by atoms with van der Waals surface area (Å²) < 4.78 is 0. The number of hydrogen-bond donors (Lipinski definition) is 0. The van der Waals surface area contributed by atoms with Crippen molar-refractivity contribution in [1.82, 2.24) is 9.80 Å². The lowest BCUT2D eigenvalue weighted by atomic mass is 9.86. The fraction of sp³-hybridized carbons (Fsp3) is 0.435.